The third-order valence-electron chi connectivity index (χ3n) is 4.18. The monoisotopic (exact) mass is 321 g/mol. The first-order chi connectivity index (χ1) is 11.7. The highest BCUT2D eigenvalue weighted by atomic mass is 16.6. The van der Waals surface area contributed by atoms with Gasteiger partial charge in [0.1, 0.15) is 5.69 Å². The lowest BCUT2D eigenvalue weighted by molar-refractivity contribution is 0.0433. The molecule has 0 bridgehead atoms. The van der Waals surface area contributed by atoms with Gasteiger partial charge in [0.05, 0.1) is 12.2 Å². The summed E-state index contributed by atoms with van der Waals surface area (Å²) < 4.78 is 10.7. The Morgan fingerprint density at radius 2 is 1.92 bits per heavy atom. The summed E-state index contributed by atoms with van der Waals surface area (Å²) in [7, 11) is 0. The molecule has 24 heavy (non-hydrogen) atoms. The molecular formula is C19H15NO4. The van der Waals surface area contributed by atoms with E-state index in [0.29, 0.717) is 16.8 Å². The van der Waals surface area contributed by atoms with Gasteiger partial charge in [-0.15, -0.1) is 0 Å². The standard InChI is InChI=1S/C19H15NO4/c1-2-23-19(22)16-15(13-9-5-6-10-14(13)20-16)17-11-7-3-4-8-12(11)18(21)24-17/h3-10,17,20H,2H2,1H3. The second kappa shape index (κ2) is 5.53. The van der Waals surface area contributed by atoms with E-state index in [1.54, 1.807) is 19.1 Å². The maximum atomic E-state index is 12.4. The molecule has 1 aromatic heterocycles. The number of nitrogens with one attached hydrogen (secondary N) is 1. The van der Waals surface area contributed by atoms with Crippen LogP contribution in [0.4, 0.5) is 0 Å². The molecule has 5 nitrogen and oxygen atoms in total. The van der Waals surface area contributed by atoms with E-state index >= 15 is 0 Å². The summed E-state index contributed by atoms with van der Waals surface area (Å²) in [4.78, 5) is 27.7. The number of ether oxygens (including phenoxy) is 2. The zero-order valence-electron chi connectivity index (χ0n) is 13.0. The molecule has 2 heterocycles. The second-order valence-electron chi connectivity index (χ2n) is 5.55. The summed E-state index contributed by atoms with van der Waals surface area (Å²) in [6, 6.07) is 14.8. The first kappa shape index (κ1) is 14.5. The van der Waals surface area contributed by atoms with Crippen LogP contribution >= 0.6 is 0 Å². The number of aromatic nitrogens is 1. The van der Waals surface area contributed by atoms with Gasteiger partial charge in [0.2, 0.25) is 0 Å². The summed E-state index contributed by atoms with van der Waals surface area (Å²) in [6.07, 6.45) is -0.621. The van der Waals surface area contributed by atoms with Gasteiger partial charge in [-0.3, -0.25) is 0 Å². The molecule has 4 rings (SSSR count). The Hall–Kier alpha value is -3.08. The van der Waals surface area contributed by atoms with Crippen LogP contribution in [0.1, 0.15) is 45.0 Å². The van der Waals surface area contributed by atoms with Crippen molar-refractivity contribution in [3.63, 3.8) is 0 Å². The zero-order valence-corrected chi connectivity index (χ0v) is 13.0. The van der Waals surface area contributed by atoms with Gasteiger partial charge in [0, 0.05) is 22.0 Å². The molecule has 0 radical (unpaired) electrons. The summed E-state index contributed by atoms with van der Waals surface area (Å²) in [5, 5.41) is 0.843. The van der Waals surface area contributed by atoms with Crippen LogP contribution < -0.4 is 0 Å². The molecule has 120 valence electrons. The molecule has 0 amide bonds. The molecule has 2 aromatic carbocycles. The predicted molar refractivity (Wildman–Crippen MR) is 88.0 cm³/mol. The van der Waals surface area contributed by atoms with E-state index in [4.69, 9.17) is 9.47 Å². The normalized spacial score (nSPS) is 16.0. The first-order valence-corrected chi connectivity index (χ1v) is 7.78. The highest BCUT2D eigenvalue weighted by Crippen LogP contribution is 2.40. The van der Waals surface area contributed by atoms with E-state index in [0.717, 1.165) is 16.5 Å². The minimum atomic E-state index is -0.621. The van der Waals surface area contributed by atoms with Gasteiger partial charge in [0.25, 0.3) is 0 Å². The number of cyclic esters (lactones) is 1. The molecule has 1 atom stereocenters. The van der Waals surface area contributed by atoms with Gasteiger partial charge in [0.15, 0.2) is 6.10 Å². The van der Waals surface area contributed by atoms with E-state index in [9.17, 15) is 9.59 Å². The number of carbonyl (C=O) groups excluding carboxylic acids is 2. The van der Waals surface area contributed by atoms with Crippen LogP contribution in [0, 0.1) is 0 Å². The molecule has 1 aliphatic heterocycles. The Morgan fingerprint density at radius 3 is 2.75 bits per heavy atom. The molecule has 0 saturated carbocycles. The number of para-hydroxylation sites is 1. The van der Waals surface area contributed by atoms with Gasteiger partial charge < -0.3 is 14.5 Å². The molecule has 0 saturated heterocycles. The molecule has 0 aliphatic carbocycles. The number of aromatic amines is 1. The number of H-pyrrole nitrogens is 1. The largest absolute Gasteiger partial charge is 0.461 e. The minimum Gasteiger partial charge on any atom is -0.461 e. The maximum Gasteiger partial charge on any atom is 0.355 e. The Kier molecular flexibility index (Phi) is 3.34. The maximum absolute atomic E-state index is 12.4. The third kappa shape index (κ3) is 2.09. The van der Waals surface area contributed by atoms with Crippen LogP contribution in [0.3, 0.4) is 0 Å². The van der Waals surface area contributed by atoms with E-state index in [1.165, 1.54) is 0 Å². The Bertz CT molecular complexity index is 957. The number of carbonyl (C=O) groups is 2. The van der Waals surface area contributed by atoms with Crippen molar-refractivity contribution in [3.8, 4) is 0 Å². The average molecular weight is 321 g/mol. The number of benzene rings is 2. The lowest BCUT2D eigenvalue weighted by Crippen LogP contribution is -2.11. The summed E-state index contributed by atoms with van der Waals surface area (Å²) in [6.45, 7) is 2.03. The van der Waals surface area contributed by atoms with Crippen LogP contribution in [0.15, 0.2) is 48.5 Å². The van der Waals surface area contributed by atoms with Gasteiger partial charge in [-0.2, -0.15) is 0 Å². The number of hydrogen-bond acceptors (Lipinski definition) is 4. The SMILES string of the molecule is CCOC(=O)c1[nH]c2ccccc2c1C1OC(=O)c2ccccc21. The Labute approximate surface area is 138 Å². The lowest BCUT2D eigenvalue weighted by Gasteiger charge is -2.12. The second-order valence-corrected chi connectivity index (χ2v) is 5.55. The summed E-state index contributed by atoms with van der Waals surface area (Å²) in [5.74, 6) is -0.833. The lowest BCUT2D eigenvalue weighted by atomic mass is 9.97. The average Bonchev–Trinajstić information content (AvgIpc) is 3.14. The zero-order chi connectivity index (χ0) is 16.7. The van der Waals surface area contributed by atoms with Crippen LogP contribution in [-0.4, -0.2) is 23.5 Å². The number of rotatable bonds is 3. The van der Waals surface area contributed by atoms with Gasteiger partial charge in [-0.1, -0.05) is 36.4 Å². The quantitative estimate of drug-likeness (QED) is 0.748. The molecule has 0 spiro atoms. The topological polar surface area (TPSA) is 68.4 Å². The van der Waals surface area contributed by atoms with Gasteiger partial charge in [-0.25, -0.2) is 9.59 Å². The van der Waals surface area contributed by atoms with Crippen LogP contribution in [0.25, 0.3) is 10.9 Å². The highest BCUT2D eigenvalue weighted by Gasteiger charge is 2.36. The van der Waals surface area contributed by atoms with E-state index in [-0.39, 0.29) is 12.6 Å². The fraction of sp³-hybridized carbons (Fsp3) is 0.158. The van der Waals surface area contributed by atoms with Gasteiger partial charge >= 0.3 is 11.9 Å². The molecule has 3 aromatic rings. The van der Waals surface area contributed by atoms with E-state index < -0.39 is 12.1 Å². The number of esters is 2. The molecule has 5 heteroatoms. The summed E-state index contributed by atoms with van der Waals surface area (Å²) >= 11 is 0. The van der Waals surface area contributed by atoms with Crippen molar-refractivity contribution in [1.29, 1.82) is 0 Å². The minimum absolute atomic E-state index is 0.272. The van der Waals surface area contributed by atoms with Crippen molar-refractivity contribution < 1.29 is 19.1 Å². The summed E-state index contributed by atoms with van der Waals surface area (Å²) in [5.41, 5.74) is 3.06. The van der Waals surface area contributed by atoms with Crippen LogP contribution in [0.5, 0.6) is 0 Å². The van der Waals surface area contributed by atoms with Crippen molar-refractivity contribution in [2.24, 2.45) is 0 Å². The van der Waals surface area contributed by atoms with Crippen molar-refractivity contribution in [1.82, 2.24) is 4.98 Å². The van der Waals surface area contributed by atoms with E-state index in [1.807, 2.05) is 36.4 Å². The fourth-order valence-corrected chi connectivity index (χ4v) is 3.16. The molecular weight excluding hydrogens is 306 g/mol. The predicted octanol–water partition coefficient (Wildman–Crippen LogP) is 3.60. The molecule has 1 unspecified atom stereocenters. The fourth-order valence-electron chi connectivity index (χ4n) is 3.16. The third-order valence-corrected chi connectivity index (χ3v) is 4.18. The van der Waals surface area contributed by atoms with Crippen molar-refractivity contribution in [2.75, 3.05) is 6.61 Å². The Morgan fingerprint density at radius 1 is 1.17 bits per heavy atom. The van der Waals surface area contributed by atoms with Crippen molar-refractivity contribution in [3.05, 3.63) is 70.9 Å². The Balaban J connectivity index is 1.95. The number of hydrogen-bond donors (Lipinski definition) is 1. The van der Waals surface area contributed by atoms with E-state index in [2.05, 4.69) is 4.98 Å². The number of fused-ring (bicyclic) bond motifs is 2. The first-order valence-electron chi connectivity index (χ1n) is 7.78. The van der Waals surface area contributed by atoms with Crippen molar-refractivity contribution >= 4 is 22.8 Å². The van der Waals surface area contributed by atoms with Crippen molar-refractivity contribution in [2.45, 2.75) is 13.0 Å². The van der Waals surface area contributed by atoms with Crippen LogP contribution in [0.2, 0.25) is 0 Å². The highest BCUT2D eigenvalue weighted by molar-refractivity contribution is 6.01. The molecule has 1 aliphatic rings. The molecule has 1 N–H and O–H groups in total. The molecule has 0 fully saturated rings. The van der Waals surface area contributed by atoms with Gasteiger partial charge in [-0.05, 0) is 19.1 Å². The smallest absolute Gasteiger partial charge is 0.355 e. The van der Waals surface area contributed by atoms with Crippen LogP contribution in [-0.2, 0) is 9.47 Å².